The molecule has 0 amide bonds. The molecule has 0 unspecified atom stereocenters. The minimum atomic E-state index is -0.289. The number of hydrogen-bond acceptors (Lipinski definition) is 2. The first-order valence-corrected chi connectivity index (χ1v) is 8.63. The van der Waals surface area contributed by atoms with Crippen LogP contribution in [0.5, 0.6) is 0 Å². The molecule has 1 aliphatic rings. The highest BCUT2D eigenvalue weighted by atomic mass is 16.5. The molecular weight excluding hydrogens is 284 g/mol. The summed E-state index contributed by atoms with van der Waals surface area (Å²) >= 11 is 0. The van der Waals surface area contributed by atoms with Gasteiger partial charge in [-0.15, -0.1) is 0 Å². The maximum Gasteiger partial charge on any atom is 0.333 e. The van der Waals surface area contributed by atoms with Crippen LogP contribution in [0.15, 0.2) is 47.6 Å². The van der Waals surface area contributed by atoms with Gasteiger partial charge in [-0.05, 0) is 58.8 Å². The van der Waals surface area contributed by atoms with Gasteiger partial charge in [-0.2, -0.15) is 0 Å². The quantitative estimate of drug-likeness (QED) is 0.359. The number of carbonyl (C=O) groups is 1. The number of carbonyl (C=O) groups excluding carboxylic acids is 1. The Kier molecular flexibility index (Phi) is 8.08. The Labute approximate surface area is 142 Å². The molecule has 0 saturated heterocycles. The van der Waals surface area contributed by atoms with E-state index in [1.54, 1.807) is 0 Å². The summed E-state index contributed by atoms with van der Waals surface area (Å²) in [4.78, 5) is 12.0. The van der Waals surface area contributed by atoms with Crippen molar-refractivity contribution < 1.29 is 9.53 Å². The predicted molar refractivity (Wildman–Crippen MR) is 98.2 cm³/mol. The molecule has 0 aromatic rings. The van der Waals surface area contributed by atoms with Gasteiger partial charge in [-0.1, -0.05) is 49.0 Å². The van der Waals surface area contributed by atoms with Crippen LogP contribution >= 0.6 is 0 Å². The summed E-state index contributed by atoms with van der Waals surface area (Å²) < 4.78 is 4.90. The van der Waals surface area contributed by atoms with E-state index in [-0.39, 0.29) is 11.4 Å². The summed E-state index contributed by atoms with van der Waals surface area (Å²) in [7, 11) is 1.43. The van der Waals surface area contributed by atoms with Gasteiger partial charge in [0.05, 0.1) is 7.11 Å². The van der Waals surface area contributed by atoms with E-state index in [1.165, 1.54) is 18.3 Å². The zero-order valence-electron chi connectivity index (χ0n) is 15.3. The largest absolute Gasteiger partial charge is 0.466 e. The summed E-state index contributed by atoms with van der Waals surface area (Å²) in [6.07, 6.45) is 16.2. The SMILES string of the molecule is C=C(C(=O)OC)[C@@]1(C)C/C=C(\C)CC/C=C/CC/C(C)=C/CC1. The molecule has 0 aromatic carbocycles. The van der Waals surface area contributed by atoms with Crippen molar-refractivity contribution in [3.8, 4) is 0 Å². The van der Waals surface area contributed by atoms with Crippen molar-refractivity contribution in [1.29, 1.82) is 0 Å². The van der Waals surface area contributed by atoms with Gasteiger partial charge in [0.25, 0.3) is 0 Å². The number of esters is 1. The van der Waals surface area contributed by atoms with Crippen LogP contribution in [0.3, 0.4) is 0 Å². The third-order valence-electron chi connectivity index (χ3n) is 4.83. The molecule has 1 atom stereocenters. The first-order chi connectivity index (χ1) is 10.9. The van der Waals surface area contributed by atoms with Gasteiger partial charge in [0.1, 0.15) is 0 Å². The topological polar surface area (TPSA) is 26.3 Å². The van der Waals surface area contributed by atoms with E-state index in [9.17, 15) is 4.79 Å². The lowest BCUT2D eigenvalue weighted by Gasteiger charge is -2.29. The Balaban J connectivity index is 2.98. The molecule has 0 aromatic heterocycles. The predicted octanol–water partition coefficient (Wildman–Crippen LogP) is 5.92. The summed E-state index contributed by atoms with van der Waals surface area (Å²) in [6, 6.07) is 0. The highest BCUT2D eigenvalue weighted by Crippen LogP contribution is 2.37. The highest BCUT2D eigenvalue weighted by Gasteiger charge is 2.31. The lowest BCUT2D eigenvalue weighted by atomic mass is 9.75. The fraction of sp³-hybridized carbons (Fsp3) is 0.571. The van der Waals surface area contributed by atoms with E-state index in [0.29, 0.717) is 5.57 Å². The van der Waals surface area contributed by atoms with Crippen LogP contribution in [-0.4, -0.2) is 13.1 Å². The maximum atomic E-state index is 12.0. The highest BCUT2D eigenvalue weighted by molar-refractivity contribution is 5.89. The van der Waals surface area contributed by atoms with Crippen molar-refractivity contribution in [2.45, 2.75) is 65.7 Å². The van der Waals surface area contributed by atoms with E-state index in [2.05, 4.69) is 51.7 Å². The second kappa shape index (κ2) is 9.54. The second-order valence-electron chi connectivity index (χ2n) is 6.92. The van der Waals surface area contributed by atoms with Crippen LogP contribution in [0.25, 0.3) is 0 Å². The molecule has 0 fully saturated rings. The molecule has 0 aliphatic heterocycles. The molecule has 2 nitrogen and oxygen atoms in total. The normalized spacial score (nSPS) is 30.1. The summed E-state index contributed by atoms with van der Waals surface area (Å²) in [5.41, 5.74) is 3.14. The first kappa shape index (κ1) is 19.5. The van der Waals surface area contributed by atoms with Crippen LogP contribution in [0.1, 0.15) is 65.7 Å². The Morgan fingerprint density at radius 3 is 2.22 bits per heavy atom. The molecule has 0 heterocycles. The van der Waals surface area contributed by atoms with Crippen LogP contribution in [-0.2, 0) is 9.53 Å². The zero-order chi connectivity index (χ0) is 17.3. The molecule has 0 N–H and O–H groups in total. The number of ether oxygens (including phenoxy) is 1. The third kappa shape index (κ3) is 6.60. The van der Waals surface area contributed by atoms with Gasteiger partial charge < -0.3 is 4.74 Å². The number of methoxy groups -OCH3 is 1. The van der Waals surface area contributed by atoms with Crippen LogP contribution in [0.2, 0.25) is 0 Å². The molecule has 128 valence electrons. The summed E-state index contributed by atoms with van der Waals surface area (Å²) in [6.45, 7) is 10.5. The van der Waals surface area contributed by atoms with Crippen molar-refractivity contribution in [3.63, 3.8) is 0 Å². The Bertz CT molecular complexity index is 508. The minimum Gasteiger partial charge on any atom is -0.466 e. The lowest BCUT2D eigenvalue weighted by Crippen LogP contribution is -2.24. The lowest BCUT2D eigenvalue weighted by molar-refractivity contribution is -0.137. The van der Waals surface area contributed by atoms with Crippen molar-refractivity contribution in [3.05, 3.63) is 47.6 Å². The second-order valence-corrected chi connectivity index (χ2v) is 6.92. The molecule has 0 spiro atoms. The Morgan fingerprint density at radius 1 is 1.09 bits per heavy atom. The van der Waals surface area contributed by atoms with Gasteiger partial charge in [0.15, 0.2) is 0 Å². The summed E-state index contributed by atoms with van der Waals surface area (Å²) in [5.74, 6) is -0.289. The number of allylic oxidation sites excluding steroid dienone is 6. The Hall–Kier alpha value is -1.57. The average Bonchev–Trinajstić information content (AvgIpc) is 2.54. The molecule has 0 radical (unpaired) electrons. The number of hydrogen-bond donors (Lipinski definition) is 0. The van der Waals surface area contributed by atoms with Gasteiger partial charge >= 0.3 is 5.97 Å². The van der Waals surface area contributed by atoms with Gasteiger partial charge in [0, 0.05) is 11.0 Å². The van der Waals surface area contributed by atoms with Gasteiger partial charge in [0.2, 0.25) is 0 Å². The van der Waals surface area contributed by atoms with Gasteiger partial charge in [-0.25, -0.2) is 4.79 Å². The molecule has 0 bridgehead atoms. The molecule has 0 saturated carbocycles. The van der Waals surface area contributed by atoms with Crippen molar-refractivity contribution >= 4 is 5.97 Å². The fourth-order valence-corrected chi connectivity index (χ4v) is 2.84. The first-order valence-electron chi connectivity index (χ1n) is 8.63. The van der Waals surface area contributed by atoms with E-state index < -0.39 is 0 Å². The molecular formula is C21H32O2. The maximum absolute atomic E-state index is 12.0. The average molecular weight is 316 g/mol. The van der Waals surface area contributed by atoms with E-state index in [1.807, 2.05) is 0 Å². The van der Waals surface area contributed by atoms with Crippen molar-refractivity contribution in [1.82, 2.24) is 0 Å². The molecule has 23 heavy (non-hydrogen) atoms. The minimum absolute atomic E-state index is 0.245. The van der Waals surface area contributed by atoms with Crippen molar-refractivity contribution in [2.75, 3.05) is 7.11 Å². The molecule has 1 aliphatic carbocycles. The Morgan fingerprint density at radius 2 is 1.65 bits per heavy atom. The smallest absolute Gasteiger partial charge is 0.333 e. The monoisotopic (exact) mass is 316 g/mol. The fourth-order valence-electron chi connectivity index (χ4n) is 2.84. The molecule has 2 heteroatoms. The van der Waals surface area contributed by atoms with E-state index >= 15 is 0 Å². The van der Waals surface area contributed by atoms with E-state index in [4.69, 9.17) is 4.74 Å². The third-order valence-corrected chi connectivity index (χ3v) is 4.83. The van der Waals surface area contributed by atoms with E-state index in [0.717, 1.165) is 44.9 Å². The van der Waals surface area contributed by atoms with Gasteiger partial charge in [-0.3, -0.25) is 0 Å². The zero-order valence-corrected chi connectivity index (χ0v) is 15.3. The van der Waals surface area contributed by atoms with Crippen molar-refractivity contribution in [2.24, 2.45) is 5.41 Å². The molecule has 1 rings (SSSR count). The summed E-state index contributed by atoms with van der Waals surface area (Å²) in [5, 5.41) is 0. The van der Waals surface area contributed by atoms with Crippen LogP contribution in [0, 0.1) is 5.41 Å². The number of rotatable bonds is 2. The standard InChI is InChI=1S/C21H32O2/c1-17-11-8-6-7-9-12-18(2)14-16-21(4,15-10-13-17)19(3)20(22)23-5/h6-7,13-14H,3,8-12,15-16H2,1-2,4-5H3/b7-6+,17-13+,18-14+/t21-/m1/s1. The van der Waals surface area contributed by atoms with Crippen LogP contribution < -0.4 is 0 Å². The van der Waals surface area contributed by atoms with Crippen LogP contribution in [0.4, 0.5) is 0 Å².